The van der Waals surface area contributed by atoms with Crippen molar-refractivity contribution in [2.45, 2.75) is 44.7 Å². The van der Waals surface area contributed by atoms with E-state index in [0.717, 1.165) is 4.90 Å². The van der Waals surface area contributed by atoms with Crippen molar-refractivity contribution in [2.24, 2.45) is 0 Å². The van der Waals surface area contributed by atoms with Crippen molar-refractivity contribution < 1.29 is 13.6 Å². The maximum absolute atomic E-state index is 13.1. The highest BCUT2D eigenvalue weighted by Gasteiger charge is 2.58. The third-order valence-electron chi connectivity index (χ3n) is 2.57. The number of rotatable bonds is 2. The van der Waals surface area contributed by atoms with Gasteiger partial charge >= 0.3 is 5.66 Å². The zero-order valence-corrected chi connectivity index (χ0v) is 8.89. The number of alkyl halides is 2. The molecule has 15 heavy (non-hydrogen) atoms. The molecule has 0 spiro atoms. The molecule has 0 radical (unpaired) electrons. The molecule has 0 N–H and O–H groups in total. The van der Waals surface area contributed by atoms with Gasteiger partial charge in [0.05, 0.1) is 6.54 Å². The lowest BCUT2D eigenvalue weighted by Gasteiger charge is -2.23. The third-order valence-corrected chi connectivity index (χ3v) is 2.57. The van der Waals surface area contributed by atoms with Gasteiger partial charge in [0, 0.05) is 13.3 Å². The van der Waals surface area contributed by atoms with Crippen molar-refractivity contribution in [1.82, 2.24) is 4.90 Å². The highest BCUT2D eigenvalue weighted by atomic mass is 19.3. The number of carbonyl (C=O) groups excluding carboxylic acids is 1. The van der Waals surface area contributed by atoms with Crippen LogP contribution in [0.5, 0.6) is 0 Å². The summed E-state index contributed by atoms with van der Waals surface area (Å²) in [7, 11) is 0. The molecular weight excluding hydrogens is 202 g/mol. The fourth-order valence-corrected chi connectivity index (χ4v) is 1.85. The van der Waals surface area contributed by atoms with Crippen molar-refractivity contribution >= 4 is 5.91 Å². The van der Waals surface area contributed by atoms with E-state index in [-0.39, 0.29) is 12.3 Å². The number of hydrogen-bond donors (Lipinski definition) is 0. The van der Waals surface area contributed by atoms with Crippen LogP contribution in [0.3, 0.4) is 0 Å². The zero-order chi connectivity index (χ0) is 11.7. The molecule has 3 nitrogen and oxygen atoms in total. The average Bonchev–Trinajstić information content (AvgIpc) is 2.38. The van der Waals surface area contributed by atoms with E-state index in [2.05, 4.69) is 4.85 Å². The summed E-state index contributed by atoms with van der Waals surface area (Å²) in [5.74, 6) is -3.28. The summed E-state index contributed by atoms with van der Waals surface area (Å²) in [6.45, 7) is 9.51. The largest absolute Gasteiger partial charge is 0.313 e. The molecule has 1 rings (SSSR count). The molecule has 0 aliphatic carbocycles. The number of nitrogens with zero attached hydrogens (tertiary/aromatic N) is 2. The summed E-state index contributed by atoms with van der Waals surface area (Å²) < 4.78 is 26.3. The van der Waals surface area contributed by atoms with Crippen LogP contribution in [0.25, 0.3) is 4.85 Å². The lowest BCUT2D eigenvalue weighted by molar-refractivity contribution is -0.134. The van der Waals surface area contributed by atoms with E-state index in [1.165, 1.54) is 6.92 Å². The van der Waals surface area contributed by atoms with Gasteiger partial charge in [-0.05, 0) is 6.42 Å². The molecule has 1 aliphatic heterocycles. The fraction of sp³-hybridized carbons (Fsp3) is 0.800. The van der Waals surface area contributed by atoms with Gasteiger partial charge in [-0.3, -0.25) is 14.5 Å². The molecule has 1 aliphatic rings. The Balaban J connectivity index is 2.89. The molecule has 0 aromatic rings. The van der Waals surface area contributed by atoms with Gasteiger partial charge in [0.15, 0.2) is 0 Å². The minimum absolute atomic E-state index is 0.223. The number of amides is 1. The van der Waals surface area contributed by atoms with Gasteiger partial charge in [0.2, 0.25) is 5.91 Å². The van der Waals surface area contributed by atoms with E-state index < -0.39 is 24.6 Å². The molecule has 1 fully saturated rings. The smallest absolute Gasteiger partial charge is 0.287 e. The lowest BCUT2D eigenvalue weighted by Crippen LogP contribution is -2.42. The molecule has 0 aromatic heterocycles. The second-order valence-electron chi connectivity index (χ2n) is 4.09. The molecule has 0 bridgehead atoms. The lowest BCUT2D eigenvalue weighted by atomic mass is 10.1. The molecule has 0 aromatic carbocycles. The van der Waals surface area contributed by atoms with Gasteiger partial charge in [0.25, 0.3) is 5.92 Å². The van der Waals surface area contributed by atoms with E-state index >= 15 is 0 Å². The zero-order valence-electron chi connectivity index (χ0n) is 8.89. The molecule has 1 heterocycles. The summed E-state index contributed by atoms with van der Waals surface area (Å²) in [5, 5.41) is 0. The Labute approximate surface area is 87.9 Å². The Kier molecular flexibility index (Phi) is 2.98. The van der Waals surface area contributed by atoms with Crippen LogP contribution in [0.4, 0.5) is 8.78 Å². The van der Waals surface area contributed by atoms with Crippen LogP contribution < -0.4 is 0 Å². The van der Waals surface area contributed by atoms with Gasteiger partial charge in [-0.25, -0.2) is 15.4 Å². The van der Waals surface area contributed by atoms with Gasteiger partial charge in [-0.2, -0.15) is 0 Å². The number of likely N-dealkylation sites (tertiary alicyclic amines) is 1. The van der Waals surface area contributed by atoms with Crippen LogP contribution in [0.1, 0.15) is 33.1 Å². The summed E-state index contributed by atoms with van der Waals surface area (Å²) >= 11 is 0. The SMILES string of the molecule is [C-]#[N+][C@@]1(C)CC(F)(F)CN1C(=O)CCC. The quantitative estimate of drug-likeness (QED) is 0.650. The van der Waals surface area contributed by atoms with Crippen molar-refractivity contribution in [1.29, 1.82) is 0 Å². The Morgan fingerprint density at radius 2 is 2.20 bits per heavy atom. The Morgan fingerprint density at radius 3 is 2.67 bits per heavy atom. The van der Waals surface area contributed by atoms with E-state index in [9.17, 15) is 13.6 Å². The van der Waals surface area contributed by atoms with E-state index in [0.29, 0.717) is 6.42 Å². The van der Waals surface area contributed by atoms with Gasteiger partial charge in [-0.15, -0.1) is 0 Å². The number of carbonyl (C=O) groups is 1. The van der Waals surface area contributed by atoms with Crippen molar-refractivity contribution in [3.8, 4) is 0 Å². The van der Waals surface area contributed by atoms with E-state index in [1.54, 1.807) is 6.92 Å². The molecule has 0 unspecified atom stereocenters. The topological polar surface area (TPSA) is 24.7 Å². The Morgan fingerprint density at radius 1 is 1.60 bits per heavy atom. The molecular formula is C10H14F2N2O. The molecule has 84 valence electrons. The summed E-state index contributed by atoms with van der Waals surface area (Å²) in [6, 6.07) is 0. The van der Waals surface area contributed by atoms with Crippen LogP contribution in [0.2, 0.25) is 0 Å². The standard InChI is InChI=1S/C10H14F2N2O/c1-4-5-8(15)14-7-10(11,12)6-9(14,2)13-3/h4-7H2,1-2H3/t9-/m1/s1. The molecule has 5 heteroatoms. The third kappa shape index (κ3) is 2.25. The maximum Gasteiger partial charge on any atom is 0.313 e. The van der Waals surface area contributed by atoms with Crippen molar-refractivity contribution in [3.05, 3.63) is 11.4 Å². The molecule has 1 amide bonds. The number of hydrogen-bond acceptors (Lipinski definition) is 1. The van der Waals surface area contributed by atoms with Crippen LogP contribution >= 0.6 is 0 Å². The van der Waals surface area contributed by atoms with E-state index in [4.69, 9.17) is 6.57 Å². The maximum atomic E-state index is 13.1. The fourth-order valence-electron chi connectivity index (χ4n) is 1.85. The second kappa shape index (κ2) is 3.76. The predicted molar refractivity (Wildman–Crippen MR) is 51.2 cm³/mol. The van der Waals surface area contributed by atoms with Crippen molar-refractivity contribution in [3.63, 3.8) is 0 Å². The van der Waals surface area contributed by atoms with Crippen LogP contribution in [0.15, 0.2) is 0 Å². The predicted octanol–water partition coefficient (Wildman–Crippen LogP) is 2.29. The van der Waals surface area contributed by atoms with Crippen molar-refractivity contribution in [2.75, 3.05) is 6.54 Å². The Hall–Kier alpha value is -1.18. The average molecular weight is 216 g/mol. The molecule has 1 atom stereocenters. The first-order chi connectivity index (χ1) is 6.84. The van der Waals surface area contributed by atoms with Crippen LogP contribution in [0, 0.1) is 6.57 Å². The normalized spacial score (nSPS) is 28.9. The summed E-state index contributed by atoms with van der Waals surface area (Å²) in [4.78, 5) is 15.7. The first-order valence-electron chi connectivity index (χ1n) is 4.91. The monoisotopic (exact) mass is 216 g/mol. The van der Waals surface area contributed by atoms with Gasteiger partial charge in [0.1, 0.15) is 6.42 Å². The van der Waals surface area contributed by atoms with Gasteiger partial charge in [-0.1, -0.05) is 6.92 Å². The second-order valence-corrected chi connectivity index (χ2v) is 4.09. The Bertz CT molecular complexity index is 311. The van der Waals surface area contributed by atoms with Crippen LogP contribution in [-0.4, -0.2) is 28.9 Å². The minimum atomic E-state index is -2.93. The van der Waals surface area contributed by atoms with Crippen LogP contribution in [-0.2, 0) is 4.79 Å². The first-order valence-corrected chi connectivity index (χ1v) is 4.91. The minimum Gasteiger partial charge on any atom is -0.287 e. The highest BCUT2D eigenvalue weighted by Crippen LogP contribution is 2.40. The number of halogens is 2. The molecule has 1 saturated heterocycles. The first kappa shape index (κ1) is 11.9. The summed E-state index contributed by atoms with van der Waals surface area (Å²) in [5.41, 5.74) is -1.37. The van der Waals surface area contributed by atoms with Gasteiger partial charge < -0.3 is 0 Å². The van der Waals surface area contributed by atoms with E-state index in [1.807, 2.05) is 0 Å². The highest BCUT2D eigenvalue weighted by molar-refractivity contribution is 5.77. The molecule has 0 saturated carbocycles. The summed E-state index contributed by atoms with van der Waals surface area (Å²) in [6.07, 6.45) is 0.273.